The molecule has 1 aromatic rings. The molecule has 0 fully saturated rings. The lowest BCUT2D eigenvalue weighted by atomic mass is 10.5. The Kier molecular flexibility index (Phi) is 3.72. The van der Waals surface area contributed by atoms with Crippen molar-refractivity contribution >= 4 is 33.2 Å². The smallest absolute Gasteiger partial charge is 0.435 e. The molecule has 0 aliphatic heterocycles. The predicted octanol–water partition coefficient (Wildman–Crippen LogP) is 3.10. The van der Waals surface area contributed by atoms with E-state index in [2.05, 4.69) is 25.7 Å². The lowest BCUT2D eigenvalue weighted by molar-refractivity contribution is -0.141. The van der Waals surface area contributed by atoms with Gasteiger partial charge in [-0.3, -0.25) is 0 Å². The van der Waals surface area contributed by atoms with Crippen LogP contribution in [0.1, 0.15) is 22.4 Å². The van der Waals surface area contributed by atoms with Gasteiger partial charge in [-0.25, -0.2) is 9.78 Å². The van der Waals surface area contributed by atoms with Gasteiger partial charge in [0.25, 0.3) is 0 Å². The summed E-state index contributed by atoms with van der Waals surface area (Å²) < 4.78 is 41.1. The van der Waals surface area contributed by atoms with Crippen molar-refractivity contribution in [2.24, 2.45) is 0 Å². The Morgan fingerprint density at radius 3 is 2.60 bits per heavy atom. The van der Waals surface area contributed by atoms with Gasteiger partial charge >= 0.3 is 12.1 Å². The van der Waals surface area contributed by atoms with Crippen LogP contribution < -0.4 is 0 Å². The van der Waals surface area contributed by atoms with E-state index in [0.29, 0.717) is 11.3 Å². The molecule has 0 saturated carbocycles. The third kappa shape index (κ3) is 2.91. The van der Waals surface area contributed by atoms with Crippen LogP contribution in [-0.2, 0) is 10.9 Å². The molecule has 1 heterocycles. The number of halogens is 4. The standard InChI is InChI=1S/C7H5BrF3NO2S/c1-2-14-6(13)5-12-3(4(8)15-5)7(9,10)11/h2H2,1H3. The second-order valence-corrected chi connectivity index (χ2v) is 4.68. The van der Waals surface area contributed by atoms with Gasteiger partial charge in [0.05, 0.1) is 6.61 Å². The number of carbonyl (C=O) groups is 1. The molecule has 1 rings (SSSR count). The van der Waals surface area contributed by atoms with Crippen molar-refractivity contribution in [3.8, 4) is 0 Å². The number of carbonyl (C=O) groups excluding carboxylic acids is 1. The highest BCUT2D eigenvalue weighted by molar-refractivity contribution is 9.11. The van der Waals surface area contributed by atoms with Gasteiger partial charge in [-0.2, -0.15) is 13.2 Å². The summed E-state index contributed by atoms with van der Waals surface area (Å²) in [6.07, 6.45) is -4.57. The van der Waals surface area contributed by atoms with E-state index >= 15 is 0 Å². The molecule has 1 aromatic heterocycles. The molecule has 0 radical (unpaired) electrons. The van der Waals surface area contributed by atoms with E-state index in [1.165, 1.54) is 0 Å². The van der Waals surface area contributed by atoms with Crippen LogP contribution in [0, 0.1) is 0 Å². The number of hydrogen-bond acceptors (Lipinski definition) is 4. The number of rotatable bonds is 2. The summed E-state index contributed by atoms with van der Waals surface area (Å²) in [7, 11) is 0. The maximum atomic E-state index is 12.3. The molecule has 0 saturated heterocycles. The van der Waals surface area contributed by atoms with Crippen molar-refractivity contribution in [3.63, 3.8) is 0 Å². The normalized spacial score (nSPS) is 11.5. The van der Waals surface area contributed by atoms with Gasteiger partial charge in [0.1, 0.15) is 3.79 Å². The summed E-state index contributed by atoms with van der Waals surface area (Å²) in [5, 5.41) is -0.309. The third-order valence-corrected chi connectivity index (χ3v) is 2.99. The zero-order valence-electron chi connectivity index (χ0n) is 7.39. The number of ether oxygens (including phenoxy) is 1. The first kappa shape index (κ1) is 12.4. The third-order valence-electron chi connectivity index (χ3n) is 1.30. The minimum Gasteiger partial charge on any atom is -0.461 e. The lowest BCUT2D eigenvalue weighted by Crippen LogP contribution is -2.09. The molecule has 0 N–H and O–H groups in total. The van der Waals surface area contributed by atoms with Crippen molar-refractivity contribution in [1.29, 1.82) is 0 Å². The molecule has 0 aliphatic carbocycles. The predicted molar refractivity (Wildman–Crippen MR) is 50.8 cm³/mol. The van der Waals surface area contributed by atoms with Crippen LogP contribution in [0.2, 0.25) is 0 Å². The highest BCUT2D eigenvalue weighted by Gasteiger charge is 2.37. The summed E-state index contributed by atoms with van der Waals surface area (Å²) in [6, 6.07) is 0. The summed E-state index contributed by atoms with van der Waals surface area (Å²) in [5.41, 5.74) is -1.10. The van der Waals surface area contributed by atoms with E-state index in [9.17, 15) is 18.0 Å². The van der Waals surface area contributed by atoms with Gasteiger partial charge in [0.2, 0.25) is 5.01 Å². The zero-order chi connectivity index (χ0) is 11.6. The molecule has 0 bridgehead atoms. The number of aromatic nitrogens is 1. The van der Waals surface area contributed by atoms with Crippen molar-refractivity contribution in [1.82, 2.24) is 4.98 Å². The summed E-state index contributed by atoms with van der Waals surface area (Å²) >= 11 is 3.30. The summed E-state index contributed by atoms with van der Waals surface area (Å²) in [5.74, 6) is -0.848. The Hall–Kier alpha value is -0.630. The van der Waals surface area contributed by atoms with Crippen LogP contribution in [0.4, 0.5) is 13.2 Å². The lowest BCUT2D eigenvalue weighted by Gasteiger charge is -2.01. The molecule has 0 spiro atoms. The Balaban J connectivity index is 3.01. The molecule has 8 heteroatoms. The molecule has 0 atom stereocenters. The molecule has 0 aromatic carbocycles. The average molecular weight is 304 g/mol. The highest BCUT2D eigenvalue weighted by Crippen LogP contribution is 2.37. The zero-order valence-corrected chi connectivity index (χ0v) is 9.79. The summed E-state index contributed by atoms with van der Waals surface area (Å²) in [4.78, 5) is 14.2. The van der Waals surface area contributed by atoms with E-state index in [4.69, 9.17) is 0 Å². The molecule has 3 nitrogen and oxygen atoms in total. The van der Waals surface area contributed by atoms with Crippen molar-refractivity contribution in [3.05, 3.63) is 14.5 Å². The minimum absolute atomic E-state index is 0.0946. The molecule has 0 unspecified atom stereocenters. The molecule has 0 aliphatic rings. The average Bonchev–Trinajstić information content (AvgIpc) is 2.47. The van der Waals surface area contributed by atoms with Crippen LogP contribution in [0.5, 0.6) is 0 Å². The number of alkyl halides is 3. The highest BCUT2D eigenvalue weighted by atomic mass is 79.9. The van der Waals surface area contributed by atoms with E-state index < -0.39 is 17.8 Å². The molecule has 15 heavy (non-hydrogen) atoms. The number of esters is 1. The van der Waals surface area contributed by atoms with Gasteiger partial charge in [0.15, 0.2) is 5.69 Å². The fraction of sp³-hybridized carbons (Fsp3) is 0.429. The maximum Gasteiger partial charge on any atom is 0.435 e. The SMILES string of the molecule is CCOC(=O)c1nc(C(F)(F)F)c(Br)s1. The topological polar surface area (TPSA) is 39.2 Å². The second-order valence-electron chi connectivity index (χ2n) is 2.36. The number of hydrogen-bond donors (Lipinski definition) is 0. The van der Waals surface area contributed by atoms with E-state index in [-0.39, 0.29) is 15.4 Å². The van der Waals surface area contributed by atoms with E-state index in [0.717, 1.165) is 0 Å². The summed E-state index contributed by atoms with van der Waals surface area (Å²) in [6.45, 7) is 1.66. The quantitative estimate of drug-likeness (QED) is 0.788. The van der Waals surface area contributed by atoms with E-state index in [1.807, 2.05) is 0 Å². The molecule has 84 valence electrons. The van der Waals surface area contributed by atoms with Crippen molar-refractivity contribution in [2.75, 3.05) is 6.61 Å². The fourth-order valence-corrected chi connectivity index (χ4v) is 2.24. The minimum atomic E-state index is -4.57. The first-order chi connectivity index (χ1) is 6.86. The van der Waals surface area contributed by atoms with Gasteiger partial charge in [-0.1, -0.05) is 11.3 Å². The number of nitrogens with zero attached hydrogens (tertiary/aromatic N) is 1. The second kappa shape index (κ2) is 4.48. The van der Waals surface area contributed by atoms with Gasteiger partial charge in [0, 0.05) is 0 Å². The van der Waals surface area contributed by atoms with Crippen molar-refractivity contribution < 1.29 is 22.7 Å². The molecular weight excluding hydrogens is 299 g/mol. The fourth-order valence-electron chi connectivity index (χ4n) is 0.756. The monoisotopic (exact) mass is 303 g/mol. The van der Waals surface area contributed by atoms with Gasteiger partial charge in [-0.05, 0) is 22.9 Å². The first-order valence-electron chi connectivity index (χ1n) is 3.77. The van der Waals surface area contributed by atoms with Gasteiger partial charge in [-0.15, -0.1) is 0 Å². The molecule has 0 amide bonds. The first-order valence-corrected chi connectivity index (χ1v) is 5.37. The molecular formula is C7H5BrF3NO2S. The van der Waals surface area contributed by atoms with Crippen LogP contribution >= 0.6 is 27.3 Å². The Morgan fingerprint density at radius 1 is 1.60 bits per heavy atom. The van der Waals surface area contributed by atoms with Crippen LogP contribution in [0.15, 0.2) is 3.79 Å². The number of thiazole rings is 1. The Morgan fingerprint density at radius 2 is 2.20 bits per heavy atom. The van der Waals surface area contributed by atoms with Crippen LogP contribution in [0.25, 0.3) is 0 Å². The van der Waals surface area contributed by atoms with E-state index in [1.54, 1.807) is 6.92 Å². The van der Waals surface area contributed by atoms with Gasteiger partial charge < -0.3 is 4.74 Å². The largest absolute Gasteiger partial charge is 0.461 e. The van der Waals surface area contributed by atoms with Crippen LogP contribution in [-0.4, -0.2) is 17.6 Å². The van der Waals surface area contributed by atoms with Crippen molar-refractivity contribution in [2.45, 2.75) is 13.1 Å². The Labute approximate surface area is 95.4 Å². The van der Waals surface area contributed by atoms with Crippen LogP contribution in [0.3, 0.4) is 0 Å². The Bertz CT molecular complexity index is 377. The maximum absolute atomic E-state index is 12.3.